The molecule has 0 amide bonds. The molecular formula is C15H19FN2. The fraction of sp³-hybridized carbons (Fsp3) is 0.533. The van der Waals surface area contributed by atoms with E-state index in [9.17, 15) is 4.39 Å². The van der Waals surface area contributed by atoms with Crippen LogP contribution in [0.15, 0.2) is 18.2 Å². The zero-order chi connectivity index (χ0) is 13.0. The SMILES string of the molecule is CCC1CCCCC1Nc1ccc(F)cc1C#N. The van der Waals surface area contributed by atoms with Crippen LogP contribution in [0.25, 0.3) is 0 Å². The third-order valence-electron chi connectivity index (χ3n) is 3.88. The van der Waals surface area contributed by atoms with E-state index in [1.54, 1.807) is 6.07 Å². The lowest BCUT2D eigenvalue weighted by molar-refractivity contribution is 0.317. The summed E-state index contributed by atoms with van der Waals surface area (Å²) < 4.78 is 13.1. The summed E-state index contributed by atoms with van der Waals surface area (Å²) in [6.45, 7) is 2.21. The third-order valence-corrected chi connectivity index (χ3v) is 3.88. The normalized spacial score (nSPS) is 23.4. The van der Waals surface area contributed by atoms with Crippen molar-refractivity contribution in [3.05, 3.63) is 29.6 Å². The first-order chi connectivity index (χ1) is 8.74. The Balaban J connectivity index is 2.15. The van der Waals surface area contributed by atoms with Crippen LogP contribution in [0.2, 0.25) is 0 Å². The zero-order valence-electron chi connectivity index (χ0n) is 10.7. The Labute approximate surface area is 108 Å². The summed E-state index contributed by atoms with van der Waals surface area (Å²) >= 11 is 0. The first-order valence-electron chi connectivity index (χ1n) is 6.70. The fourth-order valence-corrected chi connectivity index (χ4v) is 2.82. The molecule has 0 aliphatic heterocycles. The van der Waals surface area contributed by atoms with Gasteiger partial charge in [0.15, 0.2) is 0 Å². The largest absolute Gasteiger partial charge is 0.381 e. The van der Waals surface area contributed by atoms with E-state index in [1.165, 1.54) is 31.4 Å². The molecule has 0 aromatic heterocycles. The summed E-state index contributed by atoms with van der Waals surface area (Å²) in [4.78, 5) is 0. The van der Waals surface area contributed by atoms with Gasteiger partial charge < -0.3 is 5.32 Å². The van der Waals surface area contributed by atoms with Crippen molar-refractivity contribution in [1.29, 1.82) is 5.26 Å². The summed E-state index contributed by atoms with van der Waals surface area (Å²) in [5, 5.41) is 12.5. The summed E-state index contributed by atoms with van der Waals surface area (Å²) in [5.41, 5.74) is 1.17. The summed E-state index contributed by atoms with van der Waals surface area (Å²) in [5.74, 6) is 0.308. The van der Waals surface area contributed by atoms with Crippen molar-refractivity contribution in [3.8, 4) is 6.07 Å². The van der Waals surface area contributed by atoms with Crippen molar-refractivity contribution in [2.24, 2.45) is 5.92 Å². The fourth-order valence-electron chi connectivity index (χ4n) is 2.82. The van der Waals surface area contributed by atoms with Crippen molar-refractivity contribution in [1.82, 2.24) is 0 Å². The molecule has 96 valence electrons. The van der Waals surface area contributed by atoms with Crippen LogP contribution >= 0.6 is 0 Å². The van der Waals surface area contributed by atoms with E-state index in [-0.39, 0.29) is 5.82 Å². The second kappa shape index (κ2) is 5.86. The molecule has 0 heterocycles. The Bertz CT molecular complexity index is 450. The van der Waals surface area contributed by atoms with Crippen molar-refractivity contribution < 1.29 is 4.39 Å². The van der Waals surface area contributed by atoms with Crippen LogP contribution in [0, 0.1) is 23.1 Å². The van der Waals surface area contributed by atoms with E-state index in [1.807, 2.05) is 0 Å². The molecule has 0 bridgehead atoms. The van der Waals surface area contributed by atoms with Crippen LogP contribution in [0.4, 0.5) is 10.1 Å². The molecule has 1 N–H and O–H groups in total. The quantitative estimate of drug-likeness (QED) is 0.872. The van der Waals surface area contributed by atoms with Crippen LogP contribution < -0.4 is 5.32 Å². The minimum absolute atomic E-state index is 0.354. The zero-order valence-corrected chi connectivity index (χ0v) is 10.7. The molecule has 3 heteroatoms. The monoisotopic (exact) mass is 246 g/mol. The maximum atomic E-state index is 13.1. The molecule has 0 radical (unpaired) electrons. The van der Waals surface area contributed by atoms with E-state index in [0.717, 1.165) is 18.5 Å². The maximum absolute atomic E-state index is 13.1. The first kappa shape index (κ1) is 12.9. The van der Waals surface area contributed by atoms with E-state index in [2.05, 4.69) is 18.3 Å². The van der Waals surface area contributed by atoms with Crippen molar-refractivity contribution >= 4 is 5.69 Å². The predicted molar refractivity (Wildman–Crippen MR) is 70.8 cm³/mol. The van der Waals surface area contributed by atoms with Crippen LogP contribution in [-0.2, 0) is 0 Å². The van der Waals surface area contributed by atoms with Gasteiger partial charge in [0.05, 0.1) is 11.3 Å². The standard InChI is InChI=1S/C15H19FN2/c1-2-11-5-3-4-6-14(11)18-15-8-7-13(16)9-12(15)10-17/h7-9,11,14,18H,2-6H2,1H3. The molecule has 1 aliphatic rings. The summed E-state index contributed by atoms with van der Waals surface area (Å²) in [6, 6.07) is 6.86. The number of nitrogens with zero attached hydrogens (tertiary/aromatic N) is 1. The van der Waals surface area contributed by atoms with E-state index >= 15 is 0 Å². The molecular weight excluding hydrogens is 227 g/mol. The Morgan fingerprint density at radius 1 is 1.39 bits per heavy atom. The minimum atomic E-state index is -0.354. The molecule has 1 saturated carbocycles. The highest BCUT2D eigenvalue weighted by atomic mass is 19.1. The number of hydrogen-bond donors (Lipinski definition) is 1. The van der Waals surface area contributed by atoms with Gasteiger partial charge in [0.1, 0.15) is 11.9 Å². The van der Waals surface area contributed by atoms with E-state index in [4.69, 9.17) is 5.26 Å². The van der Waals surface area contributed by atoms with Gasteiger partial charge in [0, 0.05) is 6.04 Å². The average molecular weight is 246 g/mol. The number of rotatable bonds is 3. The van der Waals surface area contributed by atoms with Gasteiger partial charge >= 0.3 is 0 Å². The Hall–Kier alpha value is -1.56. The Morgan fingerprint density at radius 2 is 2.17 bits per heavy atom. The highest BCUT2D eigenvalue weighted by Crippen LogP contribution is 2.30. The first-order valence-corrected chi connectivity index (χ1v) is 6.70. The van der Waals surface area contributed by atoms with E-state index in [0.29, 0.717) is 17.5 Å². The average Bonchev–Trinajstić information content (AvgIpc) is 2.41. The van der Waals surface area contributed by atoms with Crippen LogP contribution in [0.3, 0.4) is 0 Å². The van der Waals surface area contributed by atoms with Gasteiger partial charge in [0.2, 0.25) is 0 Å². The lowest BCUT2D eigenvalue weighted by atomic mass is 9.82. The van der Waals surface area contributed by atoms with Gasteiger partial charge in [-0.2, -0.15) is 5.26 Å². The van der Waals surface area contributed by atoms with Crippen molar-refractivity contribution in [2.45, 2.75) is 45.1 Å². The molecule has 18 heavy (non-hydrogen) atoms. The van der Waals surface area contributed by atoms with Gasteiger partial charge in [-0.25, -0.2) is 4.39 Å². The lowest BCUT2D eigenvalue weighted by Gasteiger charge is -2.32. The molecule has 1 aromatic rings. The summed E-state index contributed by atoms with van der Waals surface area (Å²) in [6.07, 6.45) is 6.07. The van der Waals surface area contributed by atoms with Gasteiger partial charge in [-0.3, -0.25) is 0 Å². The molecule has 2 rings (SSSR count). The van der Waals surface area contributed by atoms with Gasteiger partial charge in [-0.05, 0) is 37.0 Å². The minimum Gasteiger partial charge on any atom is -0.381 e. The van der Waals surface area contributed by atoms with Crippen LogP contribution in [0.1, 0.15) is 44.6 Å². The highest BCUT2D eigenvalue weighted by molar-refractivity contribution is 5.58. The number of halogens is 1. The molecule has 0 spiro atoms. The second-order valence-corrected chi connectivity index (χ2v) is 5.01. The number of nitrogens with one attached hydrogen (secondary N) is 1. The Morgan fingerprint density at radius 3 is 2.89 bits per heavy atom. The molecule has 2 atom stereocenters. The number of hydrogen-bond acceptors (Lipinski definition) is 2. The lowest BCUT2D eigenvalue weighted by Crippen LogP contribution is -2.32. The molecule has 1 aromatic carbocycles. The second-order valence-electron chi connectivity index (χ2n) is 5.01. The predicted octanol–water partition coefficient (Wildman–Crippen LogP) is 4.08. The van der Waals surface area contributed by atoms with E-state index < -0.39 is 0 Å². The number of benzene rings is 1. The highest BCUT2D eigenvalue weighted by Gasteiger charge is 2.24. The Kier molecular flexibility index (Phi) is 4.19. The van der Waals surface area contributed by atoms with Gasteiger partial charge in [-0.1, -0.05) is 26.2 Å². The maximum Gasteiger partial charge on any atom is 0.124 e. The topological polar surface area (TPSA) is 35.8 Å². The molecule has 1 aliphatic carbocycles. The van der Waals surface area contributed by atoms with Crippen LogP contribution in [0.5, 0.6) is 0 Å². The molecule has 0 saturated heterocycles. The molecule has 2 unspecified atom stereocenters. The number of anilines is 1. The summed E-state index contributed by atoms with van der Waals surface area (Å²) in [7, 11) is 0. The van der Waals surface area contributed by atoms with Crippen LogP contribution in [-0.4, -0.2) is 6.04 Å². The smallest absolute Gasteiger partial charge is 0.124 e. The van der Waals surface area contributed by atoms with Crippen molar-refractivity contribution in [3.63, 3.8) is 0 Å². The number of nitriles is 1. The van der Waals surface area contributed by atoms with Gasteiger partial charge in [-0.15, -0.1) is 0 Å². The van der Waals surface area contributed by atoms with Gasteiger partial charge in [0.25, 0.3) is 0 Å². The molecule has 2 nitrogen and oxygen atoms in total. The van der Waals surface area contributed by atoms with Crippen molar-refractivity contribution in [2.75, 3.05) is 5.32 Å². The molecule has 1 fully saturated rings. The third kappa shape index (κ3) is 2.81.